The molecule has 0 radical (unpaired) electrons. The summed E-state index contributed by atoms with van der Waals surface area (Å²) in [6.07, 6.45) is 14.2. The van der Waals surface area contributed by atoms with Crippen LogP contribution in [-0.2, 0) is 24.6 Å². The van der Waals surface area contributed by atoms with Gasteiger partial charge in [0.2, 0.25) is 10.0 Å². The Morgan fingerprint density at radius 2 is 1.03 bits per heavy atom. The monoisotopic (exact) mass is 497 g/mol. The number of hydrogen-bond donors (Lipinski definition) is 1. The second-order valence-corrected chi connectivity index (χ2v) is 13.8. The first kappa shape index (κ1) is 31.8. The van der Waals surface area contributed by atoms with Gasteiger partial charge in [-0.2, -0.15) is 0 Å². The Kier molecular flexibility index (Phi) is 15.6. The Morgan fingerprint density at radius 1 is 0.625 bits per heavy atom. The van der Waals surface area contributed by atoms with Gasteiger partial charge in [-0.25, -0.2) is 22.0 Å². The first-order valence-corrected chi connectivity index (χ1v) is 16.4. The van der Waals surface area contributed by atoms with Crippen molar-refractivity contribution in [3.05, 3.63) is 0 Å². The van der Waals surface area contributed by atoms with E-state index in [9.17, 15) is 16.8 Å². The van der Waals surface area contributed by atoms with E-state index in [0.717, 1.165) is 90.3 Å². The Balaban J connectivity index is 4.12. The quantitative estimate of drug-likeness (QED) is 0.212. The summed E-state index contributed by atoms with van der Waals surface area (Å²) in [6.45, 7) is 10.3. The van der Waals surface area contributed by atoms with Crippen LogP contribution < -0.4 is 5.14 Å². The molecule has 32 heavy (non-hydrogen) atoms. The lowest BCUT2D eigenvalue weighted by atomic mass is 9.74. The van der Waals surface area contributed by atoms with Gasteiger partial charge in [0.15, 0.2) is 0 Å². The van der Waals surface area contributed by atoms with Crippen LogP contribution in [0.1, 0.15) is 111 Å². The largest absolute Gasteiger partial charge is 0.381 e. The molecule has 0 aliphatic carbocycles. The summed E-state index contributed by atoms with van der Waals surface area (Å²) in [5.41, 5.74) is 0.343. The highest BCUT2D eigenvalue weighted by Gasteiger charge is 2.27. The third kappa shape index (κ3) is 14.9. The second kappa shape index (κ2) is 15.7. The van der Waals surface area contributed by atoms with Gasteiger partial charge in [-0.1, -0.05) is 66.2 Å². The van der Waals surface area contributed by atoms with E-state index in [1.807, 2.05) is 0 Å². The fraction of sp³-hybridized carbons (Fsp3) is 1.00. The molecule has 0 bridgehead atoms. The third-order valence-corrected chi connectivity index (χ3v) is 9.43. The molecule has 194 valence electrons. The molecular formula is C24H51NO5S2. The minimum atomic E-state index is -3.37. The van der Waals surface area contributed by atoms with Crippen LogP contribution in [0.4, 0.5) is 0 Å². The number of sulfonamides is 1. The molecule has 0 aromatic rings. The van der Waals surface area contributed by atoms with Gasteiger partial charge in [0.25, 0.3) is 0 Å². The molecule has 6 nitrogen and oxygen atoms in total. The molecule has 0 saturated heterocycles. The van der Waals surface area contributed by atoms with Crippen LogP contribution >= 0.6 is 0 Å². The first-order valence-electron chi connectivity index (χ1n) is 12.6. The predicted octanol–water partition coefficient (Wildman–Crippen LogP) is 5.46. The fourth-order valence-electron chi connectivity index (χ4n) is 4.72. The molecule has 0 amide bonds. The molecule has 0 spiro atoms. The maximum atomic E-state index is 11.6. The summed E-state index contributed by atoms with van der Waals surface area (Å²) < 4.78 is 51.4. The van der Waals surface area contributed by atoms with Gasteiger partial charge in [0, 0.05) is 19.5 Å². The van der Waals surface area contributed by atoms with E-state index in [1.54, 1.807) is 0 Å². The molecule has 0 unspecified atom stereocenters. The van der Waals surface area contributed by atoms with Gasteiger partial charge in [-0.05, 0) is 55.8 Å². The van der Waals surface area contributed by atoms with E-state index < -0.39 is 19.9 Å². The number of nitrogens with two attached hydrogens (primary N) is 1. The van der Waals surface area contributed by atoms with Crippen molar-refractivity contribution in [3.63, 3.8) is 0 Å². The lowest BCUT2D eigenvalue weighted by molar-refractivity contribution is 0.114. The maximum absolute atomic E-state index is 11.6. The number of hydrogen-bond acceptors (Lipinski definition) is 5. The van der Waals surface area contributed by atoms with Crippen LogP contribution in [0.2, 0.25) is 0 Å². The zero-order chi connectivity index (χ0) is 24.7. The molecule has 0 rings (SSSR count). The van der Waals surface area contributed by atoms with Crippen molar-refractivity contribution >= 4 is 19.9 Å². The van der Waals surface area contributed by atoms with Crippen molar-refractivity contribution in [2.24, 2.45) is 16.0 Å². The van der Waals surface area contributed by atoms with E-state index in [-0.39, 0.29) is 22.3 Å². The van der Waals surface area contributed by atoms with E-state index in [4.69, 9.17) is 9.88 Å². The van der Waals surface area contributed by atoms with E-state index in [2.05, 4.69) is 27.7 Å². The van der Waals surface area contributed by atoms with Crippen LogP contribution in [0.5, 0.6) is 0 Å². The van der Waals surface area contributed by atoms with Crippen molar-refractivity contribution in [2.75, 3.05) is 31.0 Å². The van der Waals surface area contributed by atoms with Crippen molar-refractivity contribution in [3.8, 4) is 0 Å². The van der Waals surface area contributed by atoms with Gasteiger partial charge in [0.1, 0.15) is 9.84 Å². The van der Waals surface area contributed by atoms with E-state index in [0.29, 0.717) is 6.42 Å². The zero-order valence-electron chi connectivity index (χ0n) is 21.5. The van der Waals surface area contributed by atoms with Crippen LogP contribution in [0.15, 0.2) is 0 Å². The van der Waals surface area contributed by atoms with Crippen LogP contribution in [-0.4, -0.2) is 47.8 Å². The topological polar surface area (TPSA) is 104 Å². The number of unbranched alkanes of at least 4 members (excludes halogenated alkanes) is 2. The summed E-state index contributed by atoms with van der Waals surface area (Å²) in [7, 11) is -6.28. The molecular weight excluding hydrogens is 446 g/mol. The summed E-state index contributed by atoms with van der Waals surface area (Å²) in [5, 5.41) is 5.14. The van der Waals surface area contributed by atoms with E-state index >= 15 is 0 Å². The number of ether oxygens (including phenoxy) is 1. The molecule has 2 N–H and O–H groups in total. The fourth-order valence-corrected chi connectivity index (χ4v) is 6.08. The SMILES string of the molecule is CCC(CC)(CCCCOCCCCC(CC)(CC)CCS(C)(=O)=O)CCCS(N)(=O)=O. The molecule has 0 aliphatic rings. The molecule has 8 heteroatoms. The highest BCUT2D eigenvalue weighted by Crippen LogP contribution is 2.38. The lowest BCUT2D eigenvalue weighted by Gasteiger charge is -2.32. The molecule has 0 atom stereocenters. The summed E-state index contributed by atoms with van der Waals surface area (Å²) in [4.78, 5) is 0. The van der Waals surface area contributed by atoms with Crippen LogP contribution in [0, 0.1) is 10.8 Å². The van der Waals surface area contributed by atoms with Gasteiger partial charge in [-0.15, -0.1) is 0 Å². The standard InChI is InChI=1S/C24H51NO5S2/c1-6-23(7-2,17-14-21-32(25,28)29)15-10-12-19-30-20-13-11-16-24(8-3,9-4)18-22-31(5,26)27/h6-22H2,1-5H3,(H2,25,28,29). The highest BCUT2D eigenvalue weighted by molar-refractivity contribution is 7.90. The zero-order valence-corrected chi connectivity index (χ0v) is 23.1. The van der Waals surface area contributed by atoms with Crippen molar-refractivity contribution in [2.45, 2.75) is 111 Å². The smallest absolute Gasteiger partial charge is 0.209 e. The van der Waals surface area contributed by atoms with E-state index in [1.165, 1.54) is 6.26 Å². The Morgan fingerprint density at radius 3 is 1.41 bits per heavy atom. The first-order chi connectivity index (χ1) is 14.9. The summed E-state index contributed by atoms with van der Waals surface area (Å²) in [5.74, 6) is 0.355. The summed E-state index contributed by atoms with van der Waals surface area (Å²) >= 11 is 0. The Bertz CT molecular complexity index is 681. The number of rotatable bonds is 21. The van der Waals surface area contributed by atoms with Gasteiger partial charge < -0.3 is 4.74 Å². The van der Waals surface area contributed by atoms with Crippen molar-refractivity contribution < 1.29 is 21.6 Å². The average Bonchev–Trinajstić information content (AvgIpc) is 2.72. The molecule has 0 fully saturated rings. The highest BCUT2D eigenvalue weighted by atomic mass is 32.2. The second-order valence-electron chi connectivity index (χ2n) is 9.79. The summed E-state index contributed by atoms with van der Waals surface area (Å²) in [6, 6.07) is 0. The Labute approximate surface area is 199 Å². The minimum absolute atomic E-state index is 0.0729. The predicted molar refractivity (Wildman–Crippen MR) is 136 cm³/mol. The third-order valence-electron chi connectivity index (χ3n) is 7.63. The molecule has 0 aromatic heterocycles. The minimum Gasteiger partial charge on any atom is -0.381 e. The molecule has 0 aromatic carbocycles. The van der Waals surface area contributed by atoms with Crippen molar-refractivity contribution in [1.82, 2.24) is 0 Å². The van der Waals surface area contributed by atoms with Gasteiger partial charge >= 0.3 is 0 Å². The van der Waals surface area contributed by atoms with Crippen molar-refractivity contribution in [1.29, 1.82) is 0 Å². The Hall–Kier alpha value is -0.180. The van der Waals surface area contributed by atoms with Gasteiger partial charge in [-0.3, -0.25) is 0 Å². The van der Waals surface area contributed by atoms with Crippen LogP contribution in [0.25, 0.3) is 0 Å². The molecule has 0 aliphatic heterocycles. The maximum Gasteiger partial charge on any atom is 0.209 e. The molecule has 0 saturated carbocycles. The lowest BCUT2D eigenvalue weighted by Crippen LogP contribution is -2.23. The van der Waals surface area contributed by atoms with Gasteiger partial charge in [0.05, 0.1) is 11.5 Å². The average molecular weight is 498 g/mol. The normalized spacial score (nSPS) is 13.6. The number of primary sulfonamides is 1. The van der Waals surface area contributed by atoms with Crippen LogP contribution in [0.3, 0.4) is 0 Å². The number of sulfone groups is 1. The molecule has 0 heterocycles.